The Morgan fingerprint density at radius 1 is 1.17 bits per heavy atom. The van der Waals surface area contributed by atoms with Crippen LogP contribution in [0.4, 0.5) is 18.0 Å². The molecule has 160 valence electrons. The summed E-state index contributed by atoms with van der Waals surface area (Å²) in [7, 11) is 0. The zero-order valence-corrected chi connectivity index (χ0v) is 16.8. The van der Waals surface area contributed by atoms with E-state index in [1.165, 1.54) is 17.1 Å². The standard InChI is InChI=1S/C21H21ClF3N3O2/c22-14-6-4-13(5-7-14)12-18(29)27-10-8-15(9-11-27)28-19-16(21(23,24)25)2-1-3-17(19)26-20(28)30/h1-7,15-16,19H,8-12H2,(H,26,30). The van der Waals surface area contributed by atoms with Gasteiger partial charge in [-0.05, 0) is 36.6 Å². The molecule has 2 aliphatic heterocycles. The van der Waals surface area contributed by atoms with Crippen LogP contribution in [-0.4, -0.2) is 53.1 Å². The summed E-state index contributed by atoms with van der Waals surface area (Å²) < 4.78 is 40.6. The molecule has 3 aliphatic rings. The molecule has 1 aromatic carbocycles. The second kappa shape index (κ2) is 7.98. The minimum Gasteiger partial charge on any atom is -0.342 e. The number of likely N-dealkylation sites (tertiary alicyclic amines) is 1. The lowest BCUT2D eigenvalue weighted by molar-refractivity contribution is -0.172. The maximum Gasteiger partial charge on any atom is 0.397 e. The minimum atomic E-state index is -4.44. The highest BCUT2D eigenvalue weighted by Gasteiger charge is 2.53. The van der Waals surface area contributed by atoms with Crippen LogP contribution in [-0.2, 0) is 11.2 Å². The first-order valence-electron chi connectivity index (χ1n) is 9.80. The van der Waals surface area contributed by atoms with Crippen molar-refractivity contribution in [2.45, 2.75) is 37.5 Å². The number of alkyl halides is 3. The Morgan fingerprint density at radius 2 is 1.83 bits per heavy atom. The molecule has 2 atom stereocenters. The fraction of sp³-hybridized carbons (Fsp3) is 0.429. The molecular formula is C21H21ClF3N3O2. The lowest BCUT2D eigenvalue weighted by Crippen LogP contribution is -2.53. The molecule has 2 fully saturated rings. The maximum atomic E-state index is 13.5. The van der Waals surface area contributed by atoms with Gasteiger partial charge in [0.05, 0.1) is 18.4 Å². The number of amides is 3. The molecule has 5 nitrogen and oxygen atoms in total. The molecule has 4 rings (SSSR count). The van der Waals surface area contributed by atoms with Crippen molar-refractivity contribution in [1.82, 2.24) is 15.1 Å². The first-order chi connectivity index (χ1) is 14.2. The van der Waals surface area contributed by atoms with Crippen LogP contribution in [0.5, 0.6) is 0 Å². The van der Waals surface area contributed by atoms with Crippen molar-refractivity contribution in [3.63, 3.8) is 0 Å². The molecule has 30 heavy (non-hydrogen) atoms. The number of nitrogens with one attached hydrogen (secondary N) is 1. The smallest absolute Gasteiger partial charge is 0.342 e. The third kappa shape index (κ3) is 4.05. The Kier molecular flexibility index (Phi) is 5.53. The summed E-state index contributed by atoms with van der Waals surface area (Å²) >= 11 is 5.86. The van der Waals surface area contributed by atoms with Crippen LogP contribution in [0.25, 0.3) is 0 Å². The molecule has 1 aromatic rings. The second-order valence-corrected chi connectivity index (χ2v) is 8.21. The van der Waals surface area contributed by atoms with Crippen LogP contribution in [0, 0.1) is 5.92 Å². The summed E-state index contributed by atoms with van der Waals surface area (Å²) in [6.07, 6.45) is 0.645. The van der Waals surface area contributed by atoms with E-state index in [1.807, 2.05) is 0 Å². The summed E-state index contributed by atoms with van der Waals surface area (Å²) in [5, 5.41) is 3.18. The maximum absolute atomic E-state index is 13.5. The normalized spacial score (nSPS) is 24.5. The third-order valence-corrected chi connectivity index (χ3v) is 6.15. The van der Waals surface area contributed by atoms with Gasteiger partial charge >= 0.3 is 12.2 Å². The van der Waals surface area contributed by atoms with Crippen molar-refractivity contribution >= 4 is 23.5 Å². The summed E-state index contributed by atoms with van der Waals surface area (Å²) in [6.45, 7) is 0.804. The van der Waals surface area contributed by atoms with Crippen LogP contribution in [0.3, 0.4) is 0 Å². The number of piperidine rings is 1. The first kappa shape index (κ1) is 20.8. The SMILES string of the molecule is O=C(Cc1ccc(Cl)cc1)N1CCC(N2C(=O)NC3=CC=CC(C(F)(F)F)C32)CC1. The monoisotopic (exact) mass is 439 g/mol. The van der Waals surface area contributed by atoms with Gasteiger partial charge in [-0.3, -0.25) is 4.79 Å². The van der Waals surface area contributed by atoms with Gasteiger partial charge < -0.3 is 15.1 Å². The molecule has 0 spiro atoms. The molecule has 2 heterocycles. The van der Waals surface area contributed by atoms with Crippen molar-refractivity contribution in [3.8, 4) is 0 Å². The predicted molar refractivity (Wildman–Crippen MR) is 106 cm³/mol. The number of halogens is 4. The molecule has 3 amide bonds. The quantitative estimate of drug-likeness (QED) is 0.776. The fourth-order valence-corrected chi connectivity index (χ4v) is 4.52. The van der Waals surface area contributed by atoms with Gasteiger partial charge in [-0.15, -0.1) is 0 Å². The molecule has 1 N–H and O–H groups in total. The lowest BCUT2D eigenvalue weighted by atomic mass is 9.89. The first-order valence-corrected chi connectivity index (χ1v) is 10.2. The highest BCUT2D eigenvalue weighted by Crippen LogP contribution is 2.40. The van der Waals surface area contributed by atoms with E-state index in [2.05, 4.69) is 5.32 Å². The summed E-state index contributed by atoms with van der Waals surface area (Å²) in [4.78, 5) is 28.1. The number of rotatable bonds is 3. The third-order valence-electron chi connectivity index (χ3n) is 5.90. The van der Waals surface area contributed by atoms with Crippen molar-refractivity contribution in [1.29, 1.82) is 0 Å². The van der Waals surface area contributed by atoms with E-state index in [9.17, 15) is 22.8 Å². The lowest BCUT2D eigenvalue weighted by Gasteiger charge is -2.41. The van der Waals surface area contributed by atoms with Crippen molar-refractivity contribution in [3.05, 3.63) is 58.8 Å². The van der Waals surface area contributed by atoms with Gasteiger partial charge in [-0.1, -0.05) is 35.9 Å². The van der Waals surface area contributed by atoms with Gasteiger partial charge in [0.2, 0.25) is 5.91 Å². The van der Waals surface area contributed by atoms with Gasteiger partial charge in [-0.2, -0.15) is 13.2 Å². The number of hydrogen-bond acceptors (Lipinski definition) is 2. The average molecular weight is 440 g/mol. The number of nitrogens with zero attached hydrogens (tertiary/aromatic N) is 2. The molecule has 0 radical (unpaired) electrons. The Hall–Kier alpha value is -2.48. The van der Waals surface area contributed by atoms with Crippen LogP contribution in [0.15, 0.2) is 48.2 Å². The van der Waals surface area contributed by atoms with Gasteiger partial charge in [0.25, 0.3) is 0 Å². The molecule has 0 saturated carbocycles. The van der Waals surface area contributed by atoms with Crippen LogP contribution < -0.4 is 5.32 Å². The number of fused-ring (bicyclic) bond motifs is 1. The largest absolute Gasteiger partial charge is 0.397 e. The molecular weight excluding hydrogens is 419 g/mol. The Bertz CT molecular complexity index is 890. The highest BCUT2D eigenvalue weighted by molar-refractivity contribution is 6.30. The van der Waals surface area contributed by atoms with Gasteiger partial charge in [0, 0.05) is 29.9 Å². The van der Waals surface area contributed by atoms with Crippen molar-refractivity contribution in [2.24, 2.45) is 5.92 Å². The Balaban J connectivity index is 1.41. The molecule has 0 aromatic heterocycles. The van der Waals surface area contributed by atoms with Crippen molar-refractivity contribution in [2.75, 3.05) is 13.1 Å². The topological polar surface area (TPSA) is 52.7 Å². The van der Waals surface area contributed by atoms with Crippen molar-refractivity contribution < 1.29 is 22.8 Å². The van der Waals surface area contributed by atoms with E-state index in [-0.39, 0.29) is 24.1 Å². The summed E-state index contributed by atoms with van der Waals surface area (Å²) in [6, 6.07) is 5.12. The van der Waals surface area contributed by atoms with E-state index in [0.29, 0.717) is 31.0 Å². The van der Waals surface area contributed by atoms with E-state index in [0.717, 1.165) is 11.6 Å². The number of benzene rings is 1. The number of carbonyl (C=O) groups excluding carboxylic acids is 2. The fourth-order valence-electron chi connectivity index (χ4n) is 4.39. The molecule has 9 heteroatoms. The second-order valence-electron chi connectivity index (χ2n) is 7.77. The van der Waals surface area contributed by atoms with Crippen LogP contribution in [0.2, 0.25) is 5.02 Å². The summed E-state index contributed by atoms with van der Waals surface area (Å²) in [5.74, 6) is -1.78. The van der Waals surface area contributed by atoms with E-state index in [1.54, 1.807) is 29.2 Å². The van der Waals surface area contributed by atoms with E-state index in [4.69, 9.17) is 11.6 Å². The van der Waals surface area contributed by atoms with Gasteiger partial charge in [0.15, 0.2) is 0 Å². The summed E-state index contributed by atoms with van der Waals surface area (Å²) in [5.41, 5.74) is 1.13. The minimum absolute atomic E-state index is 0.0454. The zero-order chi connectivity index (χ0) is 21.5. The number of hydrogen-bond donors (Lipinski definition) is 1. The molecule has 2 unspecified atom stereocenters. The zero-order valence-electron chi connectivity index (χ0n) is 16.0. The molecule has 1 aliphatic carbocycles. The van der Waals surface area contributed by atoms with Crippen LogP contribution >= 0.6 is 11.6 Å². The van der Waals surface area contributed by atoms with Gasteiger partial charge in [0.1, 0.15) is 0 Å². The van der Waals surface area contributed by atoms with Gasteiger partial charge in [-0.25, -0.2) is 4.79 Å². The van der Waals surface area contributed by atoms with E-state index >= 15 is 0 Å². The van der Waals surface area contributed by atoms with Crippen LogP contribution in [0.1, 0.15) is 18.4 Å². The average Bonchev–Trinajstić information content (AvgIpc) is 3.04. The number of allylic oxidation sites excluding steroid dienone is 2. The molecule has 0 bridgehead atoms. The number of urea groups is 1. The number of carbonyl (C=O) groups is 2. The Labute approximate surface area is 177 Å². The van der Waals surface area contributed by atoms with E-state index < -0.39 is 24.2 Å². The predicted octanol–water partition coefficient (Wildman–Crippen LogP) is 3.90. The Morgan fingerprint density at radius 3 is 2.47 bits per heavy atom. The molecule has 2 saturated heterocycles. The highest BCUT2D eigenvalue weighted by atomic mass is 35.5.